The zero-order valence-electron chi connectivity index (χ0n) is 15.2. The van der Waals surface area contributed by atoms with Gasteiger partial charge in [0, 0.05) is 16.7 Å². The Kier molecular flexibility index (Phi) is 5.15. The minimum absolute atomic E-state index is 0.151. The van der Waals surface area contributed by atoms with E-state index in [4.69, 9.17) is 16.0 Å². The number of nitrogens with one attached hydrogen (secondary N) is 1. The molecule has 0 aliphatic carbocycles. The van der Waals surface area contributed by atoms with E-state index in [-0.39, 0.29) is 29.1 Å². The predicted molar refractivity (Wildman–Crippen MR) is 105 cm³/mol. The molecule has 0 aliphatic rings. The topological polar surface area (TPSA) is 76.4 Å². The van der Waals surface area contributed by atoms with Crippen LogP contribution in [0.3, 0.4) is 0 Å². The minimum Gasteiger partial charge on any atom is -0.451 e. The Morgan fingerprint density at radius 2 is 1.74 bits per heavy atom. The van der Waals surface area contributed by atoms with Crippen molar-refractivity contribution in [1.29, 1.82) is 0 Å². The molecule has 1 amide bonds. The number of fused-ring (bicyclic) bond motifs is 1. The summed E-state index contributed by atoms with van der Waals surface area (Å²) in [5.74, 6) is -1.00. The molecule has 138 valence electrons. The number of hydrogen-bond donors (Lipinski definition) is 1. The van der Waals surface area contributed by atoms with E-state index in [1.165, 1.54) is 6.07 Å². The van der Waals surface area contributed by atoms with Crippen LogP contribution < -0.4 is 10.7 Å². The molecular formula is C21H18ClNO4. The summed E-state index contributed by atoms with van der Waals surface area (Å²) in [4.78, 5) is 36.8. The van der Waals surface area contributed by atoms with Crippen LogP contribution in [0, 0.1) is 20.8 Å². The number of hydrogen-bond acceptors (Lipinski definition) is 4. The van der Waals surface area contributed by atoms with E-state index in [2.05, 4.69) is 5.32 Å². The van der Waals surface area contributed by atoms with Gasteiger partial charge in [-0.1, -0.05) is 23.7 Å². The van der Waals surface area contributed by atoms with Crippen molar-refractivity contribution in [2.45, 2.75) is 20.8 Å². The molecule has 0 atom stereocenters. The van der Waals surface area contributed by atoms with Crippen LogP contribution in [0.5, 0.6) is 0 Å². The Labute approximate surface area is 161 Å². The number of benzene rings is 2. The van der Waals surface area contributed by atoms with Crippen molar-refractivity contribution >= 4 is 34.3 Å². The minimum atomic E-state index is -0.626. The molecule has 0 unspecified atom stereocenters. The van der Waals surface area contributed by atoms with Gasteiger partial charge in [0.2, 0.25) is 0 Å². The average molecular weight is 384 g/mol. The Bertz CT molecular complexity index is 1130. The molecule has 0 spiro atoms. The van der Waals surface area contributed by atoms with Crippen LogP contribution in [0.2, 0.25) is 5.02 Å². The quantitative estimate of drug-likeness (QED) is 0.691. The van der Waals surface area contributed by atoms with Crippen LogP contribution in [0.4, 0.5) is 0 Å². The third-order valence-electron chi connectivity index (χ3n) is 4.47. The van der Waals surface area contributed by atoms with Crippen molar-refractivity contribution in [3.63, 3.8) is 0 Å². The van der Waals surface area contributed by atoms with Gasteiger partial charge < -0.3 is 9.73 Å². The first-order valence-electron chi connectivity index (χ1n) is 8.39. The highest BCUT2D eigenvalue weighted by molar-refractivity contribution is 6.32. The van der Waals surface area contributed by atoms with Crippen molar-refractivity contribution in [3.05, 3.63) is 79.7 Å². The van der Waals surface area contributed by atoms with Crippen molar-refractivity contribution in [2.24, 2.45) is 0 Å². The molecule has 2 aromatic carbocycles. The Hall–Kier alpha value is -2.92. The van der Waals surface area contributed by atoms with E-state index in [0.29, 0.717) is 16.0 Å². The molecule has 1 aromatic heterocycles. The lowest BCUT2D eigenvalue weighted by atomic mass is 10.0. The number of amides is 1. The second kappa shape index (κ2) is 7.37. The monoisotopic (exact) mass is 383 g/mol. The Morgan fingerprint density at radius 3 is 2.44 bits per heavy atom. The van der Waals surface area contributed by atoms with Gasteiger partial charge in [0.1, 0.15) is 5.58 Å². The van der Waals surface area contributed by atoms with E-state index in [1.807, 2.05) is 19.9 Å². The number of ketones is 1. The zero-order chi connectivity index (χ0) is 19.7. The standard InChI is InChI=1S/C21H18ClNO4/c1-11-4-5-14(6-12(11)2)18(25)10-23-21(26)20-9-17(24)15-8-16(22)13(3)7-19(15)27-20/h4-9H,10H2,1-3H3,(H,23,26). The summed E-state index contributed by atoms with van der Waals surface area (Å²) in [6.45, 7) is 5.46. The van der Waals surface area contributed by atoms with Crippen molar-refractivity contribution < 1.29 is 14.0 Å². The number of aryl methyl sites for hydroxylation is 3. The summed E-state index contributed by atoms with van der Waals surface area (Å²) >= 11 is 6.03. The third-order valence-corrected chi connectivity index (χ3v) is 4.88. The van der Waals surface area contributed by atoms with Gasteiger partial charge in [-0.3, -0.25) is 14.4 Å². The summed E-state index contributed by atoms with van der Waals surface area (Å²) in [5.41, 5.74) is 3.24. The van der Waals surface area contributed by atoms with Gasteiger partial charge in [-0.25, -0.2) is 0 Å². The fraction of sp³-hybridized carbons (Fsp3) is 0.190. The molecule has 27 heavy (non-hydrogen) atoms. The fourth-order valence-corrected chi connectivity index (χ4v) is 2.82. The maximum Gasteiger partial charge on any atom is 0.287 e. The molecule has 6 heteroatoms. The molecule has 0 radical (unpaired) electrons. The lowest BCUT2D eigenvalue weighted by Crippen LogP contribution is -2.30. The highest BCUT2D eigenvalue weighted by Crippen LogP contribution is 2.22. The zero-order valence-corrected chi connectivity index (χ0v) is 15.9. The fourth-order valence-electron chi connectivity index (χ4n) is 2.65. The van der Waals surface area contributed by atoms with Crippen LogP contribution in [0.1, 0.15) is 37.6 Å². The maximum absolute atomic E-state index is 12.3. The van der Waals surface area contributed by atoms with E-state index in [9.17, 15) is 14.4 Å². The lowest BCUT2D eigenvalue weighted by Gasteiger charge is -2.07. The van der Waals surface area contributed by atoms with Crippen LogP contribution >= 0.6 is 11.6 Å². The smallest absolute Gasteiger partial charge is 0.287 e. The number of Topliss-reactive ketones (excluding diaryl/α,β-unsaturated/α-hetero) is 1. The second-order valence-electron chi connectivity index (χ2n) is 6.48. The van der Waals surface area contributed by atoms with Crippen LogP contribution in [0.25, 0.3) is 11.0 Å². The molecule has 3 rings (SSSR count). The molecule has 3 aromatic rings. The molecule has 1 N–H and O–H groups in total. The van der Waals surface area contributed by atoms with Crippen molar-refractivity contribution in [1.82, 2.24) is 5.32 Å². The molecule has 5 nitrogen and oxygen atoms in total. The average Bonchev–Trinajstić information content (AvgIpc) is 2.63. The largest absolute Gasteiger partial charge is 0.451 e. The van der Waals surface area contributed by atoms with Gasteiger partial charge in [-0.2, -0.15) is 0 Å². The first-order chi connectivity index (χ1) is 12.8. The first kappa shape index (κ1) is 18.9. The summed E-state index contributed by atoms with van der Waals surface area (Å²) < 4.78 is 5.53. The van der Waals surface area contributed by atoms with Gasteiger partial charge in [-0.15, -0.1) is 0 Å². The SMILES string of the molecule is Cc1ccc(C(=O)CNC(=O)c2cc(=O)c3cc(Cl)c(C)cc3o2)cc1C. The highest BCUT2D eigenvalue weighted by atomic mass is 35.5. The maximum atomic E-state index is 12.3. The number of rotatable bonds is 4. The molecule has 0 fully saturated rings. The van der Waals surface area contributed by atoms with Crippen LogP contribution in [-0.2, 0) is 0 Å². The number of carbonyl (C=O) groups excluding carboxylic acids is 2. The summed E-state index contributed by atoms with van der Waals surface area (Å²) in [6, 6.07) is 9.59. The van der Waals surface area contributed by atoms with Crippen molar-refractivity contribution in [2.75, 3.05) is 6.54 Å². The highest BCUT2D eigenvalue weighted by Gasteiger charge is 2.15. The van der Waals surface area contributed by atoms with E-state index in [1.54, 1.807) is 25.1 Å². The van der Waals surface area contributed by atoms with Gasteiger partial charge in [0.15, 0.2) is 17.0 Å². The molecular weight excluding hydrogens is 366 g/mol. The Balaban J connectivity index is 1.79. The molecule has 0 bridgehead atoms. The summed E-state index contributed by atoms with van der Waals surface area (Å²) in [6.07, 6.45) is 0. The molecule has 0 aliphatic heterocycles. The third kappa shape index (κ3) is 3.93. The normalized spacial score (nSPS) is 10.8. The molecule has 0 saturated carbocycles. The number of carbonyl (C=O) groups is 2. The van der Waals surface area contributed by atoms with E-state index < -0.39 is 5.91 Å². The van der Waals surface area contributed by atoms with Gasteiger partial charge >= 0.3 is 0 Å². The van der Waals surface area contributed by atoms with Crippen LogP contribution in [-0.4, -0.2) is 18.2 Å². The summed E-state index contributed by atoms with van der Waals surface area (Å²) in [5, 5.41) is 3.25. The predicted octanol–water partition coefficient (Wildman–Crippen LogP) is 3.98. The van der Waals surface area contributed by atoms with E-state index >= 15 is 0 Å². The Morgan fingerprint density at radius 1 is 1.00 bits per heavy atom. The second-order valence-corrected chi connectivity index (χ2v) is 6.88. The first-order valence-corrected chi connectivity index (χ1v) is 8.76. The number of halogens is 1. The van der Waals surface area contributed by atoms with Crippen molar-refractivity contribution in [3.8, 4) is 0 Å². The lowest BCUT2D eigenvalue weighted by molar-refractivity contribution is 0.0885. The van der Waals surface area contributed by atoms with Gasteiger partial charge in [-0.05, 0) is 55.7 Å². The van der Waals surface area contributed by atoms with Gasteiger partial charge in [0.25, 0.3) is 5.91 Å². The van der Waals surface area contributed by atoms with Crippen LogP contribution in [0.15, 0.2) is 45.6 Å². The summed E-state index contributed by atoms with van der Waals surface area (Å²) in [7, 11) is 0. The molecule has 0 saturated heterocycles. The van der Waals surface area contributed by atoms with E-state index in [0.717, 1.165) is 22.8 Å². The van der Waals surface area contributed by atoms with Gasteiger partial charge in [0.05, 0.1) is 11.9 Å². The molecule has 1 heterocycles.